The Labute approximate surface area is 131 Å². The molecular formula is C21H19N. The quantitative estimate of drug-likeness (QED) is 0.562. The number of rotatable bonds is 1. The minimum Gasteiger partial charge on any atom is -0.256 e. The predicted octanol–water partition coefficient (Wildman–Crippen LogP) is 5.66. The fourth-order valence-electron chi connectivity index (χ4n) is 4.50. The van der Waals surface area contributed by atoms with Crippen LogP contribution in [0.2, 0.25) is 0 Å². The summed E-state index contributed by atoms with van der Waals surface area (Å²) < 4.78 is 0. The van der Waals surface area contributed by atoms with Gasteiger partial charge in [0.05, 0.1) is 5.69 Å². The number of hydrogen-bond acceptors (Lipinski definition) is 1. The minimum atomic E-state index is 0.785. The third-order valence-corrected chi connectivity index (χ3v) is 5.62. The largest absolute Gasteiger partial charge is 0.256 e. The van der Waals surface area contributed by atoms with E-state index in [2.05, 4.69) is 53.5 Å². The fraction of sp³-hybridized carbons (Fsp3) is 0.286. The number of nitrogens with zero attached hydrogens (tertiary/aromatic N) is 1. The summed E-state index contributed by atoms with van der Waals surface area (Å²) in [5.41, 5.74) is 5.58. The molecule has 0 unspecified atom stereocenters. The maximum atomic E-state index is 4.69. The first kappa shape index (κ1) is 12.4. The molecule has 1 aromatic heterocycles. The lowest BCUT2D eigenvalue weighted by Crippen LogP contribution is -2.21. The third kappa shape index (κ3) is 1.75. The molecule has 1 heterocycles. The van der Waals surface area contributed by atoms with Gasteiger partial charge in [-0.05, 0) is 66.2 Å². The van der Waals surface area contributed by atoms with E-state index in [9.17, 15) is 0 Å². The van der Waals surface area contributed by atoms with Crippen molar-refractivity contribution in [3.63, 3.8) is 0 Å². The number of pyridine rings is 1. The van der Waals surface area contributed by atoms with Crippen LogP contribution < -0.4 is 0 Å². The van der Waals surface area contributed by atoms with Crippen LogP contribution in [-0.2, 0) is 0 Å². The van der Waals surface area contributed by atoms with Crippen molar-refractivity contribution >= 4 is 10.8 Å². The Bertz CT molecular complexity index is 842. The predicted molar refractivity (Wildman–Crippen MR) is 91.1 cm³/mol. The molecule has 3 aliphatic rings. The van der Waals surface area contributed by atoms with E-state index in [1.165, 1.54) is 42.0 Å². The Morgan fingerprint density at radius 1 is 0.773 bits per heavy atom. The standard InChI is InChI=1S/C21H19N/c1-2-4-16(5-3-1)21-20-13-19-15-8-6-14(7-9-15)18(19)12-17(20)10-11-22-21/h1-5,10-15H,6-9H2. The molecule has 3 aromatic rings. The highest BCUT2D eigenvalue weighted by Crippen LogP contribution is 2.50. The van der Waals surface area contributed by atoms with Gasteiger partial charge in [0, 0.05) is 17.1 Å². The Morgan fingerprint density at radius 3 is 2.18 bits per heavy atom. The molecule has 0 N–H and O–H groups in total. The van der Waals surface area contributed by atoms with Gasteiger partial charge in [0.1, 0.15) is 0 Å². The molecule has 6 rings (SSSR count). The molecule has 3 aliphatic carbocycles. The first-order chi connectivity index (χ1) is 10.9. The summed E-state index contributed by atoms with van der Waals surface area (Å²) in [5, 5.41) is 2.67. The van der Waals surface area contributed by atoms with Crippen LogP contribution in [0, 0.1) is 0 Å². The van der Waals surface area contributed by atoms with Gasteiger partial charge in [0.15, 0.2) is 0 Å². The molecule has 22 heavy (non-hydrogen) atoms. The molecule has 0 saturated heterocycles. The number of benzene rings is 2. The lowest BCUT2D eigenvalue weighted by Gasteiger charge is -2.38. The van der Waals surface area contributed by atoms with E-state index in [-0.39, 0.29) is 0 Å². The van der Waals surface area contributed by atoms with Crippen molar-refractivity contribution in [2.75, 3.05) is 0 Å². The second-order valence-electron chi connectivity index (χ2n) is 6.78. The molecule has 0 radical (unpaired) electrons. The van der Waals surface area contributed by atoms with Crippen LogP contribution in [0.15, 0.2) is 54.7 Å². The zero-order chi connectivity index (χ0) is 14.5. The molecule has 0 aliphatic heterocycles. The number of hydrogen-bond donors (Lipinski definition) is 0. The normalized spacial score (nSPS) is 22.7. The molecule has 0 atom stereocenters. The van der Waals surface area contributed by atoms with Gasteiger partial charge < -0.3 is 0 Å². The molecule has 0 spiro atoms. The van der Waals surface area contributed by atoms with Gasteiger partial charge in [-0.25, -0.2) is 0 Å². The number of fused-ring (bicyclic) bond motifs is 3. The third-order valence-electron chi connectivity index (χ3n) is 5.62. The van der Waals surface area contributed by atoms with Crippen molar-refractivity contribution in [2.45, 2.75) is 37.5 Å². The molecule has 0 amide bonds. The highest BCUT2D eigenvalue weighted by molar-refractivity contribution is 5.95. The zero-order valence-corrected chi connectivity index (χ0v) is 12.6. The summed E-state index contributed by atoms with van der Waals surface area (Å²) in [6.45, 7) is 0. The van der Waals surface area contributed by atoms with Crippen molar-refractivity contribution in [3.8, 4) is 11.3 Å². The highest BCUT2D eigenvalue weighted by Gasteiger charge is 2.33. The fourth-order valence-corrected chi connectivity index (χ4v) is 4.50. The van der Waals surface area contributed by atoms with E-state index in [1.807, 2.05) is 6.20 Å². The van der Waals surface area contributed by atoms with Gasteiger partial charge in [-0.15, -0.1) is 0 Å². The van der Waals surface area contributed by atoms with Gasteiger partial charge in [0.2, 0.25) is 0 Å². The summed E-state index contributed by atoms with van der Waals surface area (Å²) in [4.78, 5) is 4.69. The SMILES string of the molecule is c1ccc(-c2nccc3cc4c(cc23)C2CCC4CC2)cc1. The summed E-state index contributed by atoms with van der Waals surface area (Å²) in [5.74, 6) is 1.59. The summed E-state index contributed by atoms with van der Waals surface area (Å²) in [6, 6.07) is 17.7. The molecule has 1 heteroatoms. The zero-order valence-electron chi connectivity index (χ0n) is 12.6. The van der Waals surface area contributed by atoms with Crippen molar-refractivity contribution in [1.29, 1.82) is 0 Å². The van der Waals surface area contributed by atoms with Gasteiger partial charge in [-0.1, -0.05) is 36.4 Å². The molecule has 1 nitrogen and oxygen atoms in total. The number of aromatic nitrogens is 1. The minimum absolute atomic E-state index is 0.785. The smallest absolute Gasteiger partial charge is 0.0780 e. The van der Waals surface area contributed by atoms with E-state index >= 15 is 0 Å². The second kappa shape index (κ2) is 4.67. The lowest BCUT2D eigenvalue weighted by atomic mass is 9.66. The topological polar surface area (TPSA) is 12.9 Å². The summed E-state index contributed by atoms with van der Waals surface area (Å²) >= 11 is 0. The van der Waals surface area contributed by atoms with E-state index in [0.717, 1.165) is 17.5 Å². The first-order valence-electron chi connectivity index (χ1n) is 8.38. The molecule has 2 aromatic carbocycles. The van der Waals surface area contributed by atoms with Crippen LogP contribution in [0.5, 0.6) is 0 Å². The van der Waals surface area contributed by atoms with Crippen molar-refractivity contribution in [2.24, 2.45) is 0 Å². The van der Waals surface area contributed by atoms with E-state index < -0.39 is 0 Å². The molecule has 1 saturated carbocycles. The van der Waals surface area contributed by atoms with Crippen LogP contribution >= 0.6 is 0 Å². The Morgan fingerprint density at radius 2 is 1.45 bits per heavy atom. The maximum Gasteiger partial charge on any atom is 0.0780 e. The van der Waals surface area contributed by atoms with Crippen LogP contribution in [0.4, 0.5) is 0 Å². The van der Waals surface area contributed by atoms with Crippen LogP contribution in [0.25, 0.3) is 22.0 Å². The van der Waals surface area contributed by atoms with Crippen LogP contribution in [0.3, 0.4) is 0 Å². The highest BCUT2D eigenvalue weighted by atomic mass is 14.7. The average molecular weight is 285 g/mol. The van der Waals surface area contributed by atoms with Crippen LogP contribution in [-0.4, -0.2) is 4.98 Å². The van der Waals surface area contributed by atoms with Crippen molar-refractivity contribution in [3.05, 3.63) is 65.9 Å². The van der Waals surface area contributed by atoms with Gasteiger partial charge in [0.25, 0.3) is 0 Å². The van der Waals surface area contributed by atoms with E-state index in [1.54, 1.807) is 11.1 Å². The monoisotopic (exact) mass is 285 g/mol. The molecular weight excluding hydrogens is 266 g/mol. The van der Waals surface area contributed by atoms with Crippen molar-refractivity contribution < 1.29 is 0 Å². The lowest BCUT2D eigenvalue weighted by molar-refractivity contribution is 0.359. The van der Waals surface area contributed by atoms with Gasteiger partial charge >= 0.3 is 0 Å². The summed E-state index contributed by atoms with van der Waals surface area (Å²) in [7, 11) is 0. The van der Waals surface area contributed by atoms with Crippen molar-refractivity contribution in [1.82, 2.24) is 4.98 Å². The Kier molecular flexibility index (Phi) is 2.63. The molecule has 2 bridgehead atoms. The maximum absolute atomic E-state index is 4.69. The van der Waals surface area contributed by atoms with Crippen LogP contribution in [0.1, 0.15) is 48.6 Å². The van der Waals surface area contributed by atoms with E-state index in [4.69, 9.17) is 0 Å². The molecule has 108 valence electrons. The van der Waals surface area contributed by atoms with Gasteiger partial charge in [-0.3, -0.25) is 4.98 Å². The summed E-state index contributed by atoms with van der Waals surface area (Å²) in [6.07, 6.45) is 7.49. The Balaban J connectivity index is 1.79. The Hall–Kier alpha value is -2.15. The molecule has 1 fully saturated rings. The average Bonchev–Trinajstić information content (AvgIpc) is 2.61. The first-order valence-corrected chi connectivity index (χ1v) is 8.38. The second-order valence-corrected chi connectivity index (χ2v) is 6.78. The van der Waals surface area contributed by atoms with Gasteiger partial charge in [-0.2, -0.15) is 0 Å². The van der Waals surface area contributed by atoms with E-state index in [0.29, 0.717) is 0 Å².